The maximum atomic E-state index is 14.5. The summed E-state index contributed by atoms with van der Waals surface area (Å²) in [5, 5.41) is 6.90. The van der Waals surface area contributed by atoms with Crippen LogP contribution in [-0.4, -0.2) is 30.9 Å². The third-order valence-corrected chi connectivity index (χ3v) is 5.30. The molecule has 8 nitrogen and oxygen atoms in total. The van der Waals surface area contributed by atoms with E-state index < -0.39 is 5.82 Å². The van der Waals surface area contributed by atoms with Gasteiger partial charge in [-0.05, 0) is 49.2 Å². The molecule has 152 valence electrons. The number of benzene rings is 1. The number of hydrogen-bond acceptors (Lipinski definition) is 6. The molecule has 9 heteroatoms. The summed E-state index contributed by atoms with van der Waals surface area (Å²) in [5.41, 5.74) is 3.72. The Balaban J connectivity index is 1.61. The number of fused-ring (bicyclic) bond motifs is 2. The van der Waals surface area contributed by atoms with Crippen molar-refractivity contribution < 1.29 is 4.39 Å². The fourth-order valence-corrected chi connectivity index (χ4v) is 3.84. The van der Waals surface area contributed by atoms with E-state index in [1.807, 2.05) is 13.0 Å². The second kappa shape index (κ2) is 7.34. The van der Waals surface area contributed by atoms with E-state index in [1.165, 1.54) is 39.0 Å². The standard InChI is InChI=1S/C21H20FN7O/c1-2-28-20(30)16-11-25-21(26-15-4-3-14-10-23-7-5-13(14)9-15)27-19(16)29(28)18-6-8-24-12-17(18)22/h3-4,6,8-9,11-12,23H,2,5,7,10H2,1H3,(H,25,26,27). The zero-order chi connectivity index (χ0) is 20.7. The van der Waals surface area contributed by atoms with Crippen molar-refractivity contribution in [2.75, 3.05) is 11.9 Å². The number of anilines is 2. The van der Waals surface area contributed by atoms with Gasteiger partial charge in [-0.15, -0.1) is 0 Å². The van der Waals surface area contributed by atoms with Gasteiger partial charge in [0.25, 0.3) is 5.56 Å². The molecule has 3 aromatic heterocycles. The Kier molecular flexibility index (Phi) is 4.51. The summed E-state index contributed by atoms with van der Waals surface area (Å²) >= 11 is 0. The Morgan fingerprint density at radius 1 is 1.23 bits per heavy atom. The van der Waals surface area contributed by atoms with Crippen LogP contribution in [0.25, 0.3) is 16.7 Å². The summed E-state index contributed by atoms with van der Waals surface area (Å²) in [6.45, 7) is 4.00. The van der Waals surface area contributed by atoms with Crippen LogP contribution in [0.15, 0.2) is 47.7 Å². The van der Waals surface area contributed by atoms with Crippen molar-refractivity contribution in [2.45, 2.75) is 26.4 Å². The van der Waals surface area contributed by atoms with Crippen molar-refractivity contribution in [1.29, 1.82) is 0 Å². The van der Waals surface area contributed by atoms with Crippen LogP contribution in [0.2, 0.25) is 0 Å². The van der Waals surface area contributed by atoms with Crippen LogP contribution < -0.4 is 16.2 Å². The molecular weight excluding hydrogens is 385 g/mol. The van der Waals surface area contributed by atoms with Gasteiger partial charge >= 0.3 is 0 Å². The van der Waals surface area contributed by atoms with Gasteiger partial charge in [0.15, 0.2) is 11.5 Å². The van der Waals surface area contributed by atoms with Crippen molar-refractivity contribution in [2.24, 2.45) is 0 Å². The molecular formula is C21H20FN7O. The molecule has 1 aliphatic rings. The maximum Gasteiger partial charge on any atom is 0.278 e. The molecule has 2 N–H and O–H groups in total. The lowest BCUT2D eigenvalue weighted by Gasteiger charge is -2.18. The zero-order valence-corrected chi connectivity index (χ0v) is 16.4. The number of rotatable bonds is 4. The molecule has 5 rings (SSSR count). The smallest absolute Gasteiger partial charge is 0.278 e. The van der Waals surface area contributed by atoms with E-state index in [2.05, 4.69) is 37.7 Å². The van der Waals surface area contributed by atoms with E-state index in [1.54, 1.807) is 0 Å². The van der Waals surface area contributed by atoms with Crippen LogP contribution in [0, 0.1) is 5.82 Å². The maximum absolute atomic E-state index is 14.5. The molecule has 0 fully saturated rings. The molecule has 0 atom stereocenters. The number of hydrogen-bond donors (Lipinski definition) is 2. The van der Waals surface area contributed by atoms with E-state index in [9.17, 15) is 9.18 Å². The van der Waals surface area contributed by atoms with Crippen molar-refractivity contribution >= 4 is 22.7 Å². The van der Waals surface area contributed by atoms with Crippen molar-refractivity contribution in [3.05, 3.63) is 70.2 Å². The van der Waals surface area contributed by atoms with Gasteiger partial charge < -0.3 is 10.6 Å². The highest BCUT2D eigenvalue weighted by Gasteiger charge is 2.19. The van der Waals surface area contributed by atoms with Gasteiger partial charge in [-0.25, -0.2) is 18.7 Å². The fourth-order valence-electron chi connectivity index (χ4n) is 3.84. The SMILES string of the molecule is CCn1c(=O)c2cnc(Nc3ccc4c(c3)CCNC4)nc2n1-c1ccncc1F. The Labute approximate surface area is 171 Å². The van der Waals surface area contributed by atoms with E-state index in [0.29, 0.717) is 23.5 Å². The minimum atomic E-state index is -0.534. The predicted molar refractivity (Wildman–Crippen MR) is 112 cm³/mol. The molecule has 4 heterocycles. The lowest BCUT2D eigenvalue weighted by molar-refractivity contribution is 0.542. The molecule has 0 aliphatic carbocycles. The van der Waals surface area contributed by atoms with Gasteiger partial charge in [-0.3, -0.25) is 9.78 Å². The molecule has 30 heavy (non-hydrogen) atoms. The summed E-state index contributed by atoms with van der Waals surface area (Å²) in [7, 11) is 0. The molecule has 1 aliphatic heterocycles. The summed E-state index contributed by atoms with van der Waals surface area (Å²) in [6.07, 6.45) is 5.05. The minimum absolute atomic E-state index is 0.213. The first kappa shape index (κ1) is 18.4. The van der Waals surface area contributed by atoms with E-state index in [4.69, 9.17) is 0 Å². The molecule has 0 saturated carbocycles. The molecule has 0 radical (unpaired) electrons. The zero-order valence-electron chi connectivity index (χ0n) is 16.4. The van der Waals surface area contributed by atoms with Crippen LogP contribution >= 0.6 is 0 Å². The molecule has 1 aromatic carbocycles. The lowest BCUT2D eigenvalue weighted by Crippen LogP contribution is -2.23. The van der Waals surface area contributed by atoms with Gasteiger partial charge in [-0.1, -0.05) is 6.07 Å². The third-order valence-electron chi connectivity index (χ3n) is 5.30. The average molecular weight is 405 g/mol. The first-order valence-electron chi connectivity index (χ1n) is 9.83. The predicted octanol–water partition coefficient (Wildman–Crippen LogP) is 2.53. The van der Waals surface area contributed by atoms with Crippen LogP contribution in [0.5, 0.6) is 0 Å². The molecule has 4 aromatic rings. The summed E-state index contributed by atoms with van der Waals surface area (Å²) in [4.78, 5) is 25.5. The molecule has 0 spiro atoms. The summed E-state index contributed by atoms with van der Waals surface area (Å²) in [6, 6.07) is 7.67. The summed E-state index contributed by atoms with van der Waals surface area (Å²) in [5.74, 6) is -0.194. The van der Waals surface area contributed by atoms with Crippen LogP contribution in [0.1, 0.15) is 18.1 Å². The Hall–Kier alpha value is -3.59. The van der Waals surface area contributed by atoms with Gasteiger partial charge in [0.2, 0.25) is 5.95 Å². The molecule has 0 unspecified atom stereocenters. The minimum Gasteiger partial charge on any atom is -0.324 e. The van der Waals surface area contributed by atoms with E-state index in [0.717, 1.165) is 31.4 Å². The van der Waals surface area contributed by atoms with E-state index >= 15 is 0 Å². The van der Waals surface area contributed by atoms with Crippen molar-refractivity contribution in [3.63, 3.8) is 0 Å². The molecule has 0 saturated heterocycles. The summed E-state index contributed by atoms with van der Waals surface area (Å²) < 4.78 is 17.4. The first-order chi connectivity index (χ1) is 14.7. The van der Waals surface area contributed by atoms with Gasteiger partial charge in [0, 0.05) is 31.2 Å². The largest absolute Gasteiger partial charge is 0.324 e. The highest BCUT2D eigenvalue weighted by atomic mass is 19.1. The number of nitrogens with zero attached hydrogens (tertiary/aromatic N) is 5. The Morgan fingerprint density at radius 2 is 2.13 bits per heavy atom. The van der Waals surface area contributed by atoms with Crippen molar-refractivity contribution in [1.82, 2.24) is 29.6 Å². The topological polar surface area (TPSA) is 89.7 Å². The average Bonchev–Trinajstić information content (AvgIpc) is 3.05. The molecule has 0 amide bonds. The monoisotopic (exact) mass is 405 g/mol. The second-order valence-corrected chi connectivity index (χ2v) is 7.13. The Morgan fingerprint density at radius 3 is 2.97 bits per heavy atom. The van der Waals surface area contributed by atoms with Gasteiger partial charge in [-0.2, -0.15) is 4.98 Å². The third kappa shape index (κ3) is 3.03. The number of halogens is 1. The highest BCUT2D eigenvalue weighted by molar-refractivity contribution is 5.77. The number of aromatic nitrogens is 5. The number of pyridine rings is 1. The number of nitrogens with one attached hydrogen (secondary N) is 2. The lowest BCUT2D eigenvalue weighted by atomic mass is 10.0. The Bertz CT molecular complexity index is 1310. The second-order valence-electron chi connectivity index (χ2n) is 7.13. The van der Waals surface area contributed by atoms with E-state index in [-0.39, 0.29) is 11.2 Å². The first-order valence-corrected chi connectivity index (χ1v) is 9.83. The highest BCUT2D eigenvalue weighted by Crippen LogP contribution is 2.23. The van der Waals surface area contributed by atoms with Crippen LogP contribution in [-0.2, 0) is 19.5 Å². The fraction of sp³-hybridized carbons (Fsp3) is 0.238. The van der Waals surface area contributed by atoms with Crippen LogP contribution in [0.4, 0.5) is 16.0 Å². The van der Waals surface area contributed by atoms with Gasteiger partial charge in [0.05, 0.1) is 6.20 Å². The van der Waals surface area contributed by atoms with Crippen molar-refractivity contribution in [3.8, 4) is 5.69 Å². The van der Waals surface area contributed by atoms with Crippen LogP contribution in [0.3, 0.4) is 0 Å². The van der Waals surface area contributed by atoms with Gasteiger partial charge in [0.1, 0.15) is 11.1 Å². The molecule has 0 bridgehead atoms. The normalized spacial score (nSPS) is 13.4. The quantitative estimate of drug-likeness (QED) is 0.542.